The molecule has 0 aliphatic carbocycles. The van der Waals surface area contributed by atoms with Crippen LogP contribution >= 0.6 is 0 Å². The molecule has 1 heterocycles. The molecule has 2 heteroatoms. The van der Waals surface area contributed by atoms with E-state index in [2.05, 4.69) is 30.7 Å². The Morgan fingerprint density at radius 3 is 2.07 bits per heavy atom. The van der Waals surface area contributed by atoms with Crippen LogP contribution in [0.3, 0.4) is 0 Å². The number of hydrogen-bond acceptors (Lipinski definition) is 2. The molecule has 0 aromatic carbocycles. The summed E-state index contributed by atoms with van der Waals surface area (Å²) in [5, 5.41) is 0. The molecule has 0 aliphatic heterocycles. The Balaban J connectivity index is 0. The van der Waals surface area contributed by atoms with Crippen molar-refractivity contribution < 1.29 is 0 Å². The summed E-state index contributed by atoms with van der Waals surface area (Å²) in [5.41, 5.74) is 1.14. The van der Waals surface area contributed by atoms with Gasteiger partial charge in [-0.25, -0.2) is 9.97 Å². The van der Waals surface area contributed by atoms with Crippen LogP contribution in [0.5, 0.6) is 0 Å². The standard InChI is InChI=1S/C9H14N2.2C2H6/c1-4-9-10-6-5-8(11-9)7(2)3;2*1-2/h5-7H,4H2,1-3H3;2*1-2H3. The van der Waals surface area contributed by atoms with Crippen molar-refractivity contribution in [2.24, 2.45) is 0 Å². The zero-order valence-electron chi connectivity index (χ0n) is 11.3. The van der Waals surface area contributed by atoms with Gasteiger partial charge in [0.05, 0.1) is 0 Å². The van der Waals surface area contributed by atoms with Crippen LogP contribution in [-0.4, -0.2) is 9.97 Å². The largest absolute Gasteiger partial charge is 0.241 e. The molecule has 0 saturated carbocycles. The predicted molar refractivity (Wildman–Crippen MR) is 68.2 cm³/mol. The zero-order valence-corrected chi connectivity index (χ0v) is 11.3. The molecule has 1 aromatic heterocycles. The van der Waals surface area contributed by atoms with Crippen LogP contribution < -0.4 is 0 Å². The Hall–Kier alpha value is -0.920. The SMILES string of the molecule is CC.CC.CCc1nccc(C(C)C)n1. The molecule has 0 saturated heterocycles. The van der Waals surface area contributed by atoms with Crippen molar-refractivity contribution in [2.45, 2.75) is 60.8 Å². The summed E-state index contributed by atoms with van der Waals surface area (Å²) >= 11 is 0. The molecule has 0 amide bonds. The average molecular weight is 210 g/mol. The molecule has 0 N–H and O–H groups in total. The van der Waals surface area contributed by atoms with E-state index in [1.807, 2.05) is 40.0 Å². The van der Waals surface area contributed by atoms with Crippen LogP contribution in [0.25, 0.3) is 0 Å². The van der Waals surface area contributed by atoms with Crippen molar-refractivity contribution in [1.82, 2.24) is 9.97 Å². The van der Waals surface area contributed by atoms with E-state index in [4.69, 9.17) is 0 Å². The number of hydrogen-bond donors (Lipinski definition) is 0. The van der Waals surface area contributed by atoms with Gasteiger partial charge in [0.15, 0.2) is 0 Å². The van der Waals surface area contributed by atoms with E-state index in [1.54, 1.807) is 0 Å². The van der Waals surface area contributed by atoms with Crippen molar-refractivity contribution in [3.05, 3.63) is 23.8 Å². The summed E-state index contributed by atoms with van der Waals surface area (Å²) in [6.07, 6.45) is 2.75. The molecule has 0 fully saturated rings. The van der Waals surface area contributed by atoms with E-state index in [1.165, 1.54) is 0 Å². The predicted octanol–water partition coefficient (Wildman–Crippen LogP) is 4.21. The van der Waals surface area contributed by atoms with Crippen molar-refractivity contribution in [3.8, 4) is 0 Å². The highest BCUT2D eigenvalue weighted by Gasteiger charge is 2.00. The fourth-order valence-electron chi connectivity index (χ4n) is 0.907. The van der Waals surface area contributed by atoms with Gasteiger partial charge in [-0.1, -0.05) is 48.5 Å². The summed E-state index contributed by atoms with van der Waals surface area (Å²) in [4.78, 5) is 8.51. The minimum Gasteiger partial charge on any atom is -0.241 e. The van der Waals surface area contributed by atoms with Crippen LogP contribution in [0.4, 0.5) is 0 Å². The van der Waals surface area contributed by atoms with Gasteiger partial charge in [0.2, 0.25) is 0 Å². The summed E-state index contributed by atoms with van der Waals surface area (Å²) in [6, 6.07) is 1.98. The maximum atomic E-state index is 4.38. The lowest BCUT2D eigenvalue weighted by Gasteiger charge is -2.03. The second-order valence-corrected chi connectivity index (χ2v) is 2.91. The van der Waals surface area contributed by atoms with Gasteiger partial charge in [0.1, 0.15) is 5.82 Å². The first kappa shape index (κ1) is 16.5. The van der Waals surface area contributed by atoms with Crippen molar-refractivity contribution >= 4 is 0 Å². The zero-order chi connectivity index (χ0) is 12.3. The Morgan fingerprint density at radius 1 is 1.13 bits per heavy atom. The van der Waals surface area contributed by atoms with Gasteiger partial charge >= 0.3 is 0 Å². The van der Waals surface area contributed by atoms with E-state index in [-0.39, 0.29) is 0 Å². The Bertz CT molecular complexity index is 232. The van der Waals surface area contributed by atoms with E-state index in [0.29, 0.717) is 5.92 Å². The normalized spacial score (nSPS) is 8.53. The minimum atomic E-state index is 0.503. The fraction of sp³-hybridized carbons (Fsp3) is 0.692. The second kappa shape index (κ2) is 11.2. The maximum absolute atomic E-state index is 4.38. The van der Waals surface area contributed by atoms with Gasteiger partial charge < -0.3 is 0 Å². The lowest BCUT2D eigenvalue weighted by Crippen LogP contribution is -1.98. The van der Waals surface area contributed by atoms with Gasteiger partial charge in [-0.2, -0.15) is 0 Å². The molecule has 0 unspecified atom stereocenters. The highest BCUT2D eigenvalue weighted by Crippen LogP contribution is 2.09. The third-order valence-corrected chi connectivity index (χ3v) is 1.63. The summed E-state index contributed by atoms with van der Waals surface area (Å²) in [6.45, 7) is 14.4. The second-order valence-electron chi connectivity index (χ2n) is 2.91. The molecule has 15 heavy (non-hydrogen) atoms. The Kier molecular flexibility index (Phi) is 12.3. The highest BCUT2D eigenvalue weighted by molar-refractivity contribution is 5.06. The van der Waals surface area contributed by atoms with Crippen molar-refractivity contribution in [1.29, 1.82) is 0 Å². The molecule has 0 aliphatic rings. The summed E-state index contributed by atoms with van der Waals surface area (Å²) in [7, 11) is 0. The average Bonchev–Trinajstić information content (AvgIpc) is 2.34. The molecule has 1 aromatic rings. The first-order chi connectivity index (χ1) is 7.24. The molecule has 2 nitrogen and oxygen atoms in total. The van der Waals surface area contributed by atoms with Crippen LogP contribution in [-0.2, 0) is 6.42 Å². The van der Waals surface area contributed by atoms with Crippen LogP contribution in [0.15, 0.2) is 12.3 Å². The number of aromatic nitrogens is 2. The Labute approximate surface area is 95.2 Å². The highest BCUT2D eigenvalue weighted by atomic mass is 14.9. The lowest BCUT2D eigenvalue weighted by atomic mass is 10.1. The van der Waals surface area contributed by atoms with Crippen LogP contribution in [0, 0.1) is 0 Å². The molecular weight excluding hydrogens is 184 g/mol. The Morgan fingerprint density at radius 2 is 1.67 bits per heavy atom. The molecule has 0 atom stereocenters. The topological polar surface area (TPSA) is 25.8 Å². The third kappa shape index (κ3) is 7.06. The van der Waals surface area contributed by atoms with Gasteiger partial charge in [0, 0.05) is 18.3 Å². The number of rotatable bonds is 2. The minimum absolute atomic E-state index is 0.503. The molecule has 1 rings (SSSR count). The van der Waals surface area contributed by atoms with E-state index in [9.17, 15) is 0 Å². The summed E-state index contributed by atoms with van der Waals surface area (Å²) in [5.74, 6) is 1.44. The van der Waals surface area contributed by atoms with Crippen LogP contribution in [0.2, 0.25) is 0 Å². The first-order valence-electron chi connectivity index (χ1n) is 6.06. The van der Waals surface area contributed by atoms with E-state index < -0.39 is 0 Å². The first-order valence-corrected chi connectivity index (χ1v) is 6.06. The monoisotopic (exact) mass is 210 g/mol. The third-order valence-electron chi connectivity index (χ3n) is 1.63. The number of aryl methyl sites for hydroxylation is 1. The smallest absolute Gasteiger partial charge is 0.128 e. The van der Waals surface area contributed by atoms with Crippen molar-refractivity contribution in [2.75, 3.05) is 0 Å². The quantitative estimate of drug-likeness (QED) is 0.730. The molecule has 0 bridgehead atoms. The van der Waals surface area contributed by atoms with Gasteiger partial charge in [-0.3, -0.25) is 0 Å². The molecule has 88 valence electrons. The summed E-state index contributed by atoms with van der Waals surface area (Å²) < 4.78 is 0. The fourth-order valence-corrected chi connectivity index (χ4v) is 0.907. The maximum Gasteiger partial charge on any atom is 0.128 e. The van der Waals surface area contributed by atoms with Gasteiger partial charge in [-0.15, -0.1) is 0 Å². The van der Waals surface area contributed by atoms with Crippen LogP contribution in [0.1, 0.15) is 65.9 Å². The number of nitrogens with zero attached hydrogens (tertiary/aromatic N) is 2. The molecule has 0 spiro atoms. The molecular formula is C13H26N2. The lowest BCUT2D eigenvalue weighted by molar-refractivity contribution is 0.786. The van der Waals surface area contributed by atoms with E-state index in [0.717, 1.165) is 17.9 Å². The van der Waals surface area contributed by atoms with Gasteiger partial charge in [0.25, 0.3) is 0 Å². The molecule has 0 radical (unpaired) electrons. The van der Waals surface area contributed by atoms with E-state index >= 15 is 0 Å². The van der Waals surface area contributed by atoms with Gasteiger partial charge in [-0.05, 0) is 12.0 Å². The van der Waals surface area contributed by atoms with Crippen molar-refractivity contribution in [3.63, 3.8) is 0 Å².